The maximum Gasteiger partial charge on any atom is 0.573 e. The van der Waals surface area contributed by atoms with Crippen molar-refractivity contribution in [3.63, 3.8) is 0 Å². The van der Waals surface area contributed by atoms with Crippen LogP contribution in [0.5, 0.6) is 11.5 Å². The summed E-state index contributed by atoms with van der Waals surface area (Å²) >= 11 is 0. The molecule has 38 heavy (non-hydrogen) atoms. The summed E-state index contributed by atoms with van der Waals surface area (Å²) in [6, 6.07) is 10.9. The Hall–Kier alpha value is -3.64. The second-order valence-electron chi connectivity index (χ2n) is 8.97. The Morgan fingerprint density at radius 2 is 1.76 bits per heavy atom. The van der Waals surface area contributed by atoms with Crippen LogP contribution in [0.4, 0.5) is 19.1 Å². The third-order valence-electron chi connectivity index (χ3n) is 6.27. The number of phenolic OH excluding ortho intramolecular Hbond substituents is 1. The molecule has 0 saturated carbocycles. The lowest BCUT2D eigenvalue weighted by molar-refractivity contribution is -0.274. The SMILES string of the molecule is O=S(=O)(CC1=Cc2nc(N3CCOCC3)nc(-c3cccc(O)c3)c2CC1)c1ccc(OC(F)(F)F)cc1. The highest BCUT2D eigenvalue weighted by Crippen LogP contribution is 2.35. The molecule has 0 atom stereocenters. The molecule has 0 unspecified atom stereocenters. The number of phenols is 1. The van der Waals surface area contributed by atoms with Crippen LogP contribution in [0.2, 0.25) is 0 Å². The molecule has 2 aliphatic rings. The minimum atomic E-state index is -4.86. The van der Waals surface area contributed by atoms with E-state index in [1.165, 1.54) is 0 Å². The molecule has 1 aromatic heterocycles. The van der Waals surface area contributed by atoms with Crippen molar-refractivity contribution in [1.82, 2.24) is 9.97 Å². The zero-order chi connectivity index (χ0) is 26.9. The van der Waals surface area contributed by atoms with Gasteiger partial charge in [-0.1, -0.05) is 17.7 Å². The van der Waals surface area contributed by atoms with Crippen LogP contribution in [0.3, 0.4) is 0 Å². The minimum absolute atomic E-state index is 0.101. The smallest absolute Gasteiger partial charge is 0.508 e. The molecule has 1 aliphatic carbocycles. The van der Waals surface area contributed by atoms with Gasteiger partial charge in [-0.05, 0) is 55.3 Å². The third kappa shape index (κ3) is 5.91. The number of ether oxygens (including phenoxy) is 2. The molecular formula is C26H24F3N3O5S. The summed E-state index contributed by atoms with van der Waals surface area (Å²) in [7, 11) is -3.83. The Morgan fingerprint density at radius 3 is 2.45 bits per heavy atom. The average Bonchev–Trinajstić information content (AvgIpc) is 2.87. The molecule has 200 valence electrons. The van der Waals surface area contributed by atoms with Crippen molar-refractivity contribution in [2.24, 2.45) is 0 Å². The van der Waals surface area contributed by atoms with Gasteiger partial charge in [0.15, 0.2) is 9.84 Å². The molecule has 0 bridgehead atoms. The number of fused-ring (bicyclic) bond motifs is 1. The Kier molecular flexibility index (Phi) is 7.01. The van der Waals surface area contributed by atoms with E-state index >= 15 is 0 Å². The number of aromatic hydroxyl groups is 1. The molecule has 1 aliphatic heterocycles. The van der Waals surface area contributed by atoms with Crippen LogP contribution in [-0.2, 0) is 21.0 Å². The lowest BCUT2D eigenvalue weighted by Gasteiger charge is -2.28. The van der Waals surface area contributed by atoms with E-state index in [0.717, 1.165) is 35.4 Å². The highest BCUT2D eigenvalue weighted by atomic mass is 32.2. The summed E-state index contributed by atoms with van der Waals surface area (Å²) in [6.07, 6.45) is -2.19. The van der Waals surface area contributed by atoms with Crippen LogP contribution in [0, 0.1) is 0 Å². The molecule has 12 heteroatoms. The Morgan fingerprint density at radius 1 is 1.03 bits per heavy atom. The lowest BCUT2D eigenvalue weighted by Crippen LogP contribution is -2.37. The zero-order valence-corrected chi connectivity index (χ0v) is 20.9. The maximum atomic E-state index is 13.1. The van der Waals surface area contributed by atoms with E-state index in [-0.39, 0.29) is 16.4 Å². The molecule has 1 N–H and O–H groups in total. The zero-order valence-electron chi connectivity index (χ0n) is 20.1. The average molecular weight is 548 g/mol. The molecule has 2 aromatic carbocycles. The van der Waals surface area contributed by atoms with E-state index in [4.69, 9.17) is 14.7 Å². The first-order chi connectivity index (χ1) is 18.1. The Bertz CT molecular complexity index is 1470. The van der Waals surface area contributed by atoms with E-state index in [2.05, 4.69) is 4.74 Å². The number of hydrogen-bond donors (Lipinski definition) is 1. The Balaban J connectivity index is 1.47. The highest BCUT2D eigenvalue weighted by Gasteiger charge is 2.31. The maximum absolute atomic E-state index is 13.1. The first-order valence-corrected chi connectivity index (χ1v) is 13.5. The van der Waals surface area contributed by atoms with Gasteiger partial charge in [0.25, 0.3) is 0 Å². The fourth-order valence-electron chi connectivity index (χ4n) is 4.49. The fourth-order valence-corrected chi connectivity index (χ4v) is 5.93. The normalized spacial score (nSPS) is 16.1. The van der Waals surface area contributed by atoms with E-state index in [0.29, 0.717) is 62.1 Å². The van der Waals surface area contributed by atoms with Crippen molar-refractivity contribution in [3.8, 4) is 22.8 Å². The second kappa shape index (κ2) is 10.3. The van der Waals surface area contributed by atoms with Crippen molar-refractivity contribution in [1.29, 1.82) is 0 Å². The van der Waals surface area contributed by atoms with E-state index < -0.39 is 21.9 Å². The molecule has 1 saturated heterocycles. The van der Waals surface area contributed by atoms with Crippen molar-refractivity contribution in [2.75, 3.05) is 37.0 Å². The third-order valence-corrected chi connectivity index (χ3v) is 8.01. The van der Waals surface area contributed by atoms with Gasteiger partial charge < -0.3 is 19.5 Å². The van der Waals surface area contributed by atoms with E-state index in [9.17, 15) is 26.7 Å². The summed E-state index contributed by atoms with van der Waals surface area (Å²) in [4.78, 5) is 11.5. The molecule has 8 nitrogen and oxygen atoms in total. The number of rotatable bonds is 6. The molecule has 1 fully saturated rings. The van der Waals surface area contributed by atoms with Gasteiger partial charge in [-0.2, -0.15) is 0 Å². The number of alkyl halides is 3. The van der Waals surface area contributed by atoms with Gasteiger partial charge in [0.1, 0.15) is 11.5 Å². The van der Waals surface area contributed by atoms with Crippen LogP contribution >= 0.6 is 0 Å². The number of morpholine rings is 1. The number of aromatic nitrogens is 2. The summed E-state index contributed by atoms with van der Waals surface area (Å²) in [5, 5.41) is 10.0. The van der Waals surface area contributed by atoms with Crippen LogP contribution in [0.15, 0.2) is 59.0 Å². The van der Waals surface area contributed by atoms with Crippen molar-refractivity contribution < 1.29 is 36.2 Å². The number of sulfone groups is 1. The van der Waals surface area contributed by atoms with Gasteiger partial charge in [0.2, 0.25) is 5.95 Å². The predicted octanol–water partition coefficient (Wildman–Crippen LogP) is 4.39. The van der Waals surface area contributed by atoms with Gasteiger partial charge in [-0.25, -0.2) is 18.4 Å². The number of halogens is 3. The molecule has 0 spiro atoms. The molecule has 5 rings (SSSR count). The molecule has 3 aromatic rings. The minimum Gasteiger partial charge on any atom is -0.508 e. The van der Waals surface area contributed by atoms with Crippen molar-refractivity contribution >= 4 is 21.9 Å². The van der Waals surface area contributed by atoms with Crippen LogP contribution < -0.4 is 9.64 Å². The van der Waals surface area contributed by atoms with Gasteiger partial charge in [0, 0.05) is 24.2 Å². The molecule has 0 radical (unpaired) electrons. The monoisotopic (exact) mass is 547 g/mol. The van der Waals surface area contributed by atoms with E-state index in [1.54, 1.807) is 24.3 Å². The van der Waals surface area contributed by atoms with E-state index in [1.807, 2.05) is 11.0 Å². The summed E-state index contributed by atoms with van der Waals surface area (Å²) in [5.41, 5.74) is 3.48. The highest BCUT2D eigenvalue weighted by molar-refractivity contribution is 7.91. The quantitative estimate of drug-likeness (QED) is 0.485. The summed E-state index contributed by atoms with van der Waals surface area (Å²) in [5.74, 6) is -0.197. The lowest BCUT2D eigenvalue weighted by atomic mass is 9.93. The summed E-state index contributed by atoms with van der Waals surface area (Å²) in [6.45, 7) is 2.29. The number of hydrogen-bond acceptors (Lipinski definition) is 8. The Labute approximate surface area is 217 Å². The van der Waals surface area contributed by atoms with Crippen molar-refractivity contribution in [3.05, 3.63) is 65.4 Å². The molecular weight excluding hydrogens is 523 g/mol. The fraction of sp³-hybridized carbons (Fsp3) is 0.308. The van der Waals surface area contributed by atoms with Gasteiger partial charge in [-0.15, -0.1) is 13.2 Å². The number of nitrogens with zero attached hydrogens (tertiary/aromatic N) is 3. The van der Waals surface area contributed by atoms with Gasteiger partial charge in [-0.3, -0.25) is 0 Å². The van der Waals surface area contributed by atoms with Gasteiger partial charge in [0.05, 0.1) is 35.2 Å². The first-order valence-electron chi connectivity index (χ1n) is 11.9. The molecule has 0 amide bonds. The summed E-state index contributed by atoms with van der Waals surface area (Å²) < 4.78 is 72.7. The number of benzene rings is 2. The first kappa shape index (κ1) is 26.0. The number of anilines is 1. The second-order valence-corrected chi connectivity index (χ2v) is 11.0. The predicted molar refractivity (Wildman–Crippen MR) is 134 cm³/mol. The molecule has 2 heterocycles. The largest absolute Gasteiger partial charge is 0.573 e. The van der Waals surface area contributed by atoms with Crippen LogP contribution in [-0.4, -0.2) is 61.9 Å². The van der Waals surface area contributed by atoms with Crippen LogP contribution in [0.1, 0.15) is 17.7 Å². The standard InChI is InChI=1S/C26H24F3N3O5S/c27-26(28,29)37-20-5-7-21(8-6-20)38(34,35)16-17-4-9-22-23(14-17)30-25(32-10-12-36-13-11-32)31-24(22)18-2-1-3-19(33)15-18/h1-3,5-8,14-15,33H,4,9-13,16H2. The topological polar surface area (TPSA) is 102 Å². The van der Waals surface area contributed by atoms with Gasteiger partial charge >= 0.3 is 6.36 Å². The van der Waals surface area contributed by atoms with Crippen LogP contribution in [0.25, 0.3) is 17.3 Å². The van der Waals surface area contributed by atoms with Crippen molar-refractivity contribution in [2.45, 2.75) is 24.1 Å².